The van der Waals surface area contributed by atoms with Crippen LogP contribution in [0.15, 0.2) is 18.2 Å². The number of para-hydroxylation sites is 1. The maximum Gasteiger partial charge on any atom is 0.340 e. The fourth-order valence-corrected chi connectivity index (χ4v) is 2.88. The number of nitrogen functional groups attached to an aromatic ring is 1. The lowest BCUT2D eigenvalue weighted by Crippen LogP contribution is -2.26. The van der Waals surface area contributed by atoms with Crippen molar-refractivity contribution in [3.8, 4) is 0 Å². The number of benzene rings is 1. The first-order chi connectivity index (χ1) is 9.94. The molecule has 1 aromatic carbocycles. The molecule has 1 aliphatic heterocycles. The Balaban J connectivity index is 2.24. The first kappa shape index (κ1) is 15.7. The van der Waals surface area contributed by atoms with E-state index in [1.54, 1.807) is 13.0 Å². The van der Waals surface area contributed by atoms with Crippen molar-refractivity contribution >= 4 is 17.3 Å². The van der Waals surface area contributed by atoms with Crippen LogP contribution >= 0.6 is 0 Å². The third-order valence-corrected chi connectivity index (χ3v) is 4.26. The monoisotopic (exact) mass is 290 g/mol. The fraction of sp³-hybridized carbons (Fsp3) is 0.588. The van der Waals surface area contributed by atoms with Gasteiger partial charge in [-0.15, -0.1) is 0 Å². The summed E-state index contributed by atoms with van der Waals surface area (Å²) in [6, 6.07) is 5.61. The van der Waals surface area contributed by atoms with Crippen LogP contribution in [0.1, 0.15) is 50.4 Å². The molecular weight excluding hydrogens is 264 g/mol. The Hall–Kier alpha value is -1.71. The molecule has 1 aliphatic rings. The van der Waals surface area contributed by atoms with Gasteiger partial charge in [-0.05, 0) is 43.7 Å². The highest BCUT2D eigenvalue weighted by Crippen LogP contribution is 2.34. The van der Waals surface area contributed by atoms with Gasteiger partial charge in [0.25, 0.3) is 0 Å². The van der Waals surface area contributed by atoms with Crippen LogP contribution < -0.4 is 10.6 Å². The van der Waals surface area contributed by atoms with Crippen molar-refractivity contribution in [2.75, 3.05) is 30.3 Å². The van der Waals surface area contributed by atoms with Gasteiger partial charge in [0, 0.05) is 13.1 Å². The molecule has 0 unspecified atom stereocenters. The number of nitrogens with zero attached hydrogens (tertiary/aromatic N) is 1. The SMILES string of the molecule is CCOC(=O)c1cccc(N2CCCC(C)(C)CC2)c1N. The zero-order valence-corrected chi connectivity index (χ0v) is 13.3. The van der Waals surface area contributed by atoms with Crippen LogP contribution in [-0.4, -0.2) is 25.7 Å². The molecule has 0 radical (unpaired) electrons. The van der Waals surface area contributed by atoms with Gasteiger partial charge >= 0.3 is 5.97 Å². The van der Waals surface area contributed by atoms with Gasteiger partial charge in [-0.2, -0.15) is 0 Å². The maximum absolute atomic E-state index is 12.0. The molecule has 21 heavy (non-hydrogen) atoms. The van der Waals surface area contributed by atoms with Crippen molar-refractivity contribution in [1.82, 2.24) is 0 Å². The lowest BCUT2D eigenvalue weighted by atomic mass is 9.85. The molecule has 0 aromatic heterocycles. The summed E-state index contributed by atoms with van der Waals surface area (Å²) in [5, 5.41) is 0. The molecule has 0 saturated carbocycles. The normalized spacial score (nSPS) is 18.1. The van der Waals surface area contributed by atoms with Crippen LogP contribution in [0.5, 0.6) is 0 Å². The molecule has 4 heteroatoms. The first-order valence-electron chi connectivity index (χ1n) is 7.75. The molecule has 0 atom stereocenters. The number of carbonyl (C=O) groups is 1. The smallest absolute Gasteiger partial charge is 0.340 e. The second-order valence-corrected chi connectivity index (χ2v) is 6.46. The van der Waals surface area contributed by atoms with Gasteiger partial charge in [0.05, 0.1) is 23.5 Å². The largest absolute Gasteiger partial charge is 0.462 e. The number of esters is 1. The predicted molar refractivity (Wildman–Crippen MR) is 86.7 cm³/mol. The van der Waals surface area contributed by atoms with E-state index in [0.29, 0.717) is 23.3 Å². The number of nitrogens with two attached hydrogens (primary N) is 1. The first-order valence-corrected chi connectivity index (χ1v) is 7.75. The van der Waals surface area contributed by atoms with Crippen molar-refractivity contribution < 1.29 is 9.53 Å². The summed E-state index contributed by atoms with van der Waals surface area (Å²) < 4.78 is 5.07. The molecule has 0 spiro atoms. The molecule has 1 aromatic rings. The van der Waals surface area contributed by atoms with Crippen LogP contribution in [-0.2, 0) is 4.74 Å². The lowest BCUT2D eigenvalue weighted by molar-refractivity contribution is 0.0527. The van der Waals surface area contributed by atoms with E-state index in [-0.39, 0.29) is 5.97 Å². The van der Waals surface area contributed by atoms with E-state index in [0.717, 1.165) is 31.6 Å². The van der Waals surface area contributed by atoms with Gasteiger partial charge in [-0.25, -0.2) is 4.79 Å². The minimum absolute atomic E-state index is 0.341. The molecule has 1 saturated heterocycles. The molecule has 1 fully saturated rings. The molecule has 116 valence electrons. The molecule has 0 aliphatic carbocycles. The van der Waals surface area contributed by atoms with E-state index in [1.807, 2.05) is 12.1 Å². The van der Waals surface area contributed by atoms with E-state index in [4.69, 9.17) is 10.5 Å². The Morgan fingerprint density at radius 1 is 1.33 bits per heavy atom. The summed E-state index contributed by atoms with van der Waals surface area (Å²) in [5.74, 6) is -0.341. The Labute approximate surface area is 127 Å². The number of hydrogen-bond acceptors (Lipinski definition) is 4. The fourth-order valence-electron chi connectivity index (χ4n) is 2.88. The van der Waals surface area contributed by atoms with Gasteiger partial charge in [0.15, 0.2) is 0 Å². The van der Waals surface area contributed by atoms with Gasteiger partial charge in [-0.3, -0.25) is 0 Å². The average Bonchev–Trinajstić information content (AvgIpc) is 2.60. The van der Waals surface area contributed by atoms with Gasteiger partial charge < -0.3 is 15.4 Å². The van der Waals surface area contributed by atoms with Crippen LogP contribution in [0.2, 0.25) is 0 Å². The third-order valence-electron chi connectivity index (χ3n) is 4.26. The summed E-state index contributed by atoms with van der Waals surface area (Å²) in [6.45, 7) is 8.75. The van der Waals surface area contributed by atoms with Crippen LogP contribution in [0.4, 0.5) is 11.4 Å². The topological polar surface area (TPSA) is 55.6 Å². The van der Waals surface area contributed by atoms with Crippen molar-refractivity contribution in [2.45, 2.75) is 40.0 Å². The van der Waals surface area contributed by atoms with Crippen LogP contribution in [0, 0.1) is 5.41 Å². The zero-order valence-electron chi connectivity index (χ0n) is 13.3. The Morgan fingerprint density at radius 2 is 2.10 bits per heavy atom. The third kappa shape index (κ3) is 3.69. The molecular formula is C17H26N2O2. The molecule has 0 amide bonds. The quantitative estimate of drug-likeness (QED) is 0.684. The number of hydrogen-bond donors (Lipinski definition) is 1. The van der Waals surface area contributed by atoms with E-state index in [9.17, 15) is 4.79 Å². The summed E-state index contributed by atoms with van der Waals surface area (Å²) >= 11 is 0. The predicted octanol–water partition coefficient (Wildman–Crippen LogP) is 3.46. The number of ether oxygens (including phenoxy) is 1. The van der Waals surface area contributed by atoms with Gasteiger partial charge in [0.2, 0.25) is 0 Å². The Morgan fingerprint density at radius 3 is 2.81 bits per heavy atom. The highest BCUT2D eigenvalue weighted by Gasteiger charge is 2.25. The van der Waals surface area contributed by atoms with Gasteiger partial charge in [0.1, 0.15) is 0 Å². The zero-order chi connectivity index (χ0) is 15.5. The second-order valence-electron chi connectivity index (χ2n) is 6.46. The second kappa shape index (κ2) is 6.37. The van der Waals surface area contributed by atoms with E-state index in [2.05, 4.69) is 18.7 Å². The molecule has 2 rings (SSSR count). The average molecular weight is 290 g/mol. The lowest BCUT2D eigenvalue weighted by Gasteiger charge is -2.26. The summed E-state index contributed by atoms with van der Waals surface area (Å²) in [7, 11) is 0. The Bertz CT molecular complexity index is 512. The van der Waals surface area contributed by atoms with E-state index < -0.39 is 0 Å². The Kier molecular flexibility index (Phi) is 4.76. The minimum Gasteiger partial charge on any atom is -0.462 e. The summed E-state index contributed by atoms with van der Waals surface area (Å²) in [4.78, 5) is 14.2. The maximum atomic E-state index is 12.0. The molecule has 4 nitrogen and oxygen atoms in total. The summed E-state index contributed by atoms with van der Waals surface area (Å²) in [6.07, 6.45) is 3.51. The highest BCUT2D eigenvalue weighted by molar-refractivity contribution is 5.98. The van der Waals surface area contributed by atoms with Crippen LogP contribution in [0.25, 0.3) is 0 Å². The van der Waals surface area contributed by atoms with Crippen molar-refractivity contribution in [2.24, 2.45) is 5.41 Å². The number of carbonyl (C=O) groups excluding carboxylic acids is 1. The minimum atomic E-state index is -0.341. The van der Waals surface area contributed by atoms with Crippen molar-refractivity contribution in [3.63, 3.8) is 0 Å². The van der Waals surface area contributed by atoms with Gasteiger partial charge in [-0.1, -0.05) is 19.9 Å². The number of rotatable bonds is 3. The molecule has 0 bridgehead atoms. The molecule has 2 N–H and O–H groups in total. The highest BCUT2D eigenvalue weighted by atomic mass is 16.5. The van der Waals surface area contributed by atoms with Crippen molar-refractivity contribution in [1.29, 1.82) is 0 Å². The standard InChI is InChI=1S/C17H26N2O2/c1-4-21-16(20)13-7-5-8-14(15(13)18)19-11-6-9-17(2,3)10-12-19/h5,7-8H,4,6,9-12,18H2,1-3H3. The van der Waals surface area contributed by atoms with E-state index in [1.165, 1.54) is 6.42 Å². The van der Waals surface area contributed by atoms with E-state index >= 15 is 0 Å². The van der Waals surface area contributed by atoms with Crippen molar-refractivity contribution in [3.05, 3.63) is 23.8 Å². The van der Waals surface area contributed by atoms with Crippen LogP contribution in [0.3, 0.4) is 0 Å². The number of anilines is 2. The molecule has 1 heterocycles. The summed E-state index contributed by atoms with van der Waals surface area (Å²) in [5.41, 5.74) is 8.56.